The van der Waals surface area contributed by atoms with Crippen LogP contribution in [0.1, 0.15) is 51.9 Å². The number of nitrogens with zero attached hydrogens (tertiary/aromatic N) is 1. The molecule has 0 aromatic heterocycles. The molecule has 0 amide bonds. The van der Waals surface area contributed by atoms with Crippen molar-refractivity contribution in [2.24, 2.45) is 11.8 Å². The number of hydrogen-bond acceptors (Lipinski definition) is 2. The van der Waals surface area contributed by atoms with E-state index in [1.165, 1.54) is 58.0 Å². The fourth-order valence-electron chi connectivity index (χ4n) is 3.42. The second kappa shape index (κ2) is 6.02. The van der Waals surface area contributed by atoms with Crippen molar-refractivity contribution in [2.75, 3.05) is 19.7 Å². The summed E-state index contributed by atoms with van der Waals surface area (Å²) in [4.78, 5) is 2.69. The highest BCUT2D eigenvalue weighted by Gasteiger charge is 2.27. The van der Waals surface area contributed by atoms with Gasteiger partial charge in [-0.2, -0.15) is 0 Å². The lowest BCUT2D eigenvalue weighted by molar-refractivity contribution is 0.0751. The first-order valence-corrected chi connectivity index (χ1v) is 7.18. The molecule has 16 heavy (non-hydrogen) atoms. The van der Waals surface area contributed by atoms with Crippen molar-refractivity contribution in [3.63, 3.8) is 0 Å². The van der Waals surface area contributed by atoms with Crippen LogP contribution in [0.25, 0.3) is 0 Å². The molecule has 94 valence electrons. The number of aliphatic hydroxyl groups excluding tert-OH is 1. The van der Waals surface area contributed by atoms with E-state index in [2.05, 4.69) is 11.8 Å². The molecular weight excluding hydrogens is 198 g/mol. The van der Waals surface area contributed by atoms with Crippen molar-refractivity contribution in [1.29, 1.82) is 0 Å². The Morgan fingerprint density at radius 2 is 1.56 bits per heavy atom. The summed E-state index contributed by atoms with van der Waals surface area (Å²) in [5, 5.41) is 9.14. The van der Waals surface area contributed by atoms with Crippen molar-refractivity contribution >= 4 is 0 Å². The summed E-state index contributed by atoms with van der Waals surface area (Å²) < 4.78 is 0. The van der Waals surface area contributed by atoms with E-state index in [1.807, 2.05) is 0 Å². The number of hydrogen-bond donors (Lipinski definition) is 1. The smallest absolute Gasteiger partial charge is 0.0460 e. The summed E-state index contributed by atoms with van der Waals surface area (Å²) in [6.45, 7) is 5.19. The summed E-state index contributed by atoms with van der Waals surface area (Å²) in [6.07, 6.45) is 9.53. The predicted molar refractivity (Wildman–Crippen MR) is 67.4 cm³/mol. The molecule has 0 spiro atoms. The molecule has 0 unspecified atom stereocenters. The van der Waals surface area contributed by atoms with Crippen LogP contribution in [-0.2, 0) is 0 Å². The van der Waals surface area contributed by atoms with Crippen LogP contribution >= 0.6 is 0 Å². The zero-order valence-electron chi connectivity index (χ0n) is 10.7. The van der Waals surface area contributed by atoms with Crippen molar-refractivity contribution in [3.05, 3.63) is 0 Å². The van der Waals surface area contributed by atoms with E-state index in [0.717, 1.165) is 12.0 Å². The van der Waals surface area contributed by atoms with E-state index in [0.29, 0.717) is 12.5 Å². The van der Waals surface area contributed by atoms with Gasteiger partial charge >= 0.3 is 0 Å². The van der Waals surface area contributed by atoms with Gasteiger partial charge in [-0.15, -0.1) is 0 Å². The maximum absolute atomic E-state index is 9.14. The van der Waals surface area contributed by atoms with Crippen molar-refractivity contribution in [1.82, 2.24) is 4.90 Å². The van der Waals surface area contributed by atoms with Crippen LogP contribution in [0.3, 0.4) is 0 Å². The zero-order valence-corrected chi connectivity index (χ0v) is 10.7. The number of likely N-dealkylation sites (tertiary alicyclic amines) is 1. The largest absolute Gasteiger partial charge is 0.396 e. The van der Waals surface area contributed by atoms with Crippen LogP contribution < -0.4 is 0 Å². The average molecular weight is 225 g/mol. The second-order valence-corrected chi connectivity index (χ2v) is 5.74. The summed E-state index contributed by atoms with van der Waals surface area (Å²) >= 11 is 0. The van der Waals surface area contributed by atoms with Crippen LogP contribution in [0.15, 0.2) is 0 Å². The van der Waals surface area contributed by atoms with Crippen molar-refractivity contribution < 1.29 is 5.11 Å². The molecule has 2 heteroatoms. The molecule has 2 rings (SSSR count). The third kappa shape index (κ3) is 2.98. The Balaban J connectivity index is 1.73. The molecule has 1 aliphatic carbocycles. The normalized spacial score (nSPS) is 34.1. The fourth-order valence-corrected chi connectivity index (χ4v) is 3.42. The molecule has 1 saturated carbocycles. The van der Waals surface area contributed by atoms with E-state index in [4.69, 9.17) is 5.11 Å². The Hall–Kier alpha value is -0.0800. The molecule has 1 saturated heterocycles. The maximum atomic E-state index is 9.14. The quantitative estimate of drug-likeness (QED) is 0.798. The average Bonchev–Trinajstić information content (AvgIpc) is 2.39. The molecular formula is C14H27NO. The SMILES string of the molecule is CCC1CCC(N2CCC(CO)CC2)CC1. The van der Waals surface area contributed by atoms with Crippen LogP contribution in [0.4, 0.5) is 0 Å². The predicted octanol–water partition coefficient (Wildman–Crippen LogP) is 2.66. The van der Waals surface area contributed by atoms with Gasteiger partial charge in [0.2, 0.25) is 0 Å². The van der Waals surface area contributed by atoms with E-state index < -0.39 is 0 Å². The first-order chi connectivity index (χ1) is 7.83. The van der Waals surface area contributed by atoms with Gasteiger partial charge < -0.3 is 10.0 Å². The van der Waals surface area contributed by atoms with Gasteiger partial charge in [0.05, 0.1) is 0 Å². The topological polar surface area (TPSA) is 23.5 Å². The molecule has 1 N–H and O–H groups in total. The highest BCUT2D eigenvalue weighted by Crippen LogP contribution is 2.31. The van der Waals surface area contributed by atoms with Crippen LogP contribution in [-0.4, -0.2) is 35.7 Å². The van der Waals surface area contributed by atoms with Crippen LogP contribution in [0.5, 0.6) is 0 Å². The number of piperidine rings is 1. The molecule has 0 aromatic rings. The summed E-state index contributed by atoms with van der Waals surface area (Å²) in [6, 6.07) is 0.863. The van der Waals surface area contributed by atoms with Crippen molar-refractivity contribution in [3.8, 4) is 0 Å². The van der Waals surface area contributed by atoms with Gasteiger partial charge in [0.15, 0.2) is 0 Å². The van der Waals surface area contributed by atoms with Gasteiger partial charge in [0.25, 0.3) is 0 Å². The lowest BCUT2D eigenvalue weighted by Gasteiger charge is -2.40. The van der Waals surface area contributed by atoms with E-state index >= 15 is 0 Å². The minimum atomic E-state index is 0.399. The van der Waals surface area contributed by atoms with Gasteiger partial charge in [0, 0.05) is 12.6 Å². The molecule has 2 aliphatic rings. The van der Waals surface area contributed by atoms with E-state index in [1.54, 1.807) is 0 Å². The Bertz CT molecular complexity index is 169. The number of aliphatic hydroxyl groups is 1. The molecule has 1 aliphatic heterocycles. The van der Waals surface area contributed by atoms with Gasteiger partial charge in [-0.1, -0.05) is 13.3 Å². The molecule has 1 heterocycles. The minimum Gasteiger partial charge on any atom is -0.396 e. The zero-order chi connectivity index (χ0) is 11.4. The summed E-state index contributed by atoms with van der Waals surface area (Å²) in [7, 11) is 0. The minimum absolute atomic E-state index is 0.399. The molecule has 2 nitrogen and oxygen atoms in total. The molecule has 0 aromatic carbocycles. The Labute approximate surface area is 100 Å². The Morgan fingerprint density at radius 1 is 0.938 bits per heavy atom. The second-order valence-electron chi connectivity index (χ2n) is 5.74. The fraction of sp³-hybridized carbons (Fsp3) is 1.00. The van der Waals surface area contributed by atoms with Crippen LogP contribution in [0, 0.1) is 11.8 Å². The van der Waals surface area contributed by atoms with Gasteiger partial charge in [-0.3, -0.25) is 0 Å². The van der Waals surface area contributed by atoms with Gasteiger partial charge in [-0.25, -0.2) is 0 Å². The van der Waals surface area contributed by atoms with Crippen molar-refractivity contribution in [2.45, 2.75) is 57.9 Å². The van der Waals surface area contributed by atoms with Gasteiger partial charge in [-0.05, 0) is 63.5 Å². The lowest BCUT2D eigenvalue weighted by Crippen LogP contribution is -2.43. The third-order valence-corrected chi connectivity index (χ3v) is 4.82. The van der Waals surface area contributed by atoms with Gasteiger partial charge in [0.1, 0.15) is 0 Å². The standard InChI is InChI=1S/C14H27NO/c1-2-12-3-5-14(6-4-12)15-9-7-13(11-16)8-10-15/h12-14,16H,2-11H2,1H3. The molecule has 0 bridgehead atoms. The molecule has 0 atom stereocenters. The highest BCUT2D eigenvalue weighted by atomic mass is 16.3. The Morgan fingerprint density at radius 3 is 2.06 bits per heavy atom. The monoisotopic (exact) mass is 225 g/mol. The van der Waals surface area contributed by atoms with E-state index in [-0.39, 0.29) is 0 Å². The lowest BCUT2D eigenvalue weighted by atomic mass is 9.83. The van der Waals surface area contributed by atoms with Crippen LogP contribution in [0.2, 0.25) is 0 Å². The highest BCUT2D eigenvalue weighted by molar-refractivity contribution is 4.82. The Kier molecular flexibility index (Phi) is 4.66. The first-order valence-electron chi connectivity index (χ1n) is 7.18. The number of rotatable bonds is 3. The maximum Gasteiger partial charge on any atom is 0.0460 e. The third-order valence-electron chi connectivity index (χ3n) is 4.82. The first kappa shape index (κ1) is 12.4. The molecule has 0 radical (unpaired) electrons. The molecule has 2 fully saturated rings. The summed E-state index contributed by atoms with van der Waals surface area (Å²) in [5.74, 6) is 1.59. The van der Waals surface area contributed by atoms with E-state index in [9.17, 15) is 0 Å². The summed E-state index contributed by atoms with van der Waals surface area (Å²) in [5.41, 5.74) is 0.